The number of amides is 1. The van der Waals surface area contributed by atoms with Crippen molar-refractivity contribution in [3.05, 3.63) is 76.9 Å². The lowest BCUT2D eigenvalue weighted by molar-refractivity contribution is -0.113. The first-order chi connectivity index (χ1) is 18.3. The molecule has 0 aliphatic carbocycles. The fraction of sp³-hybridized carbons (Fsp3) is 0.231. The Hall–Kier alpha value is -3.77. The molecule has 0 fully saturated rings. The molecule has 0 bridgehead atoms. The molecule has 0 saturated carbocycles. The van der Waals surface area contributed by atoms with Gasteiger partial charge >= 0.3 is 5.97 Å². The van der Waals surface area contributed by atoms with E-state index in [0.717, 1.165) is 29.5 Å². The first-order valence-electron chi connectivity index (χ1n) is 11.5. The molecule has 1 N–H and O–H groups in total. The molecule has 4 aromatic rings. The zero-order valence-electron chi connectivity index (χ0n) is 20.7. The number of nitrogens with one attached hydrogen (secondary N) is 1. The van der Waals surface area contributed by atoms with Crippen LogP contribution < -0.4 is 10.1 Å². The Morgan fingerprint density at radius 2 is 1.92 bits per heavy atom. The van der Waals surface area contributed by atoms with Crippen LogP contribution in [0.15, 0.2) is 59.1 Å². The summed E-state index contributed by atoms with van der Waals surface area (Å²) in [6.07, 6.45) is -0.685. The van der Waals surface area contributed by atoms with Gasteiger partial charge in [-0.2, -0.15) is 0 Å². The van der Waals surface area contributed by atoms with Crippen molar-refractivity contribution in [2.24, 2.45) is 0 Å². The van der Waals surface area contributed by atoms with Gasteiger partial charge < -0.3 is 19.4 Å². The number of carbonyl (C=O) groups excluding carboxylic acids is 2. The molecule has 4 rings (SSSR count). The Morgan fingerprint density at radius 3 is 2.61 bits per heavy atom. The molecule has 0 saturated heterocycles. The lowest BCUT2D eigenvalue weighted by Crippen LogP contribution is -2.17. The van der Waals surface area contributed by atoms with Crippen molar-refractivity contribution < 1.29 is 27.8 Å². The monoisotopic (exact) mass is 558 g/mol. The molecule has 0 radical (unpaired) electrons. The Bertz CT molecular complexity index is 1440. The van der Waals surface area contributed by atoms with Gasteiger partial charge in [-0.1, -0.05) is 42.1 Å². The number of benzene rings is 2. The number of rotatable bonds is 10. The van der Waals surface area contributed by atoms with E-state index in [4.69, 9.17) is 9.47 Å². The molecule has 1 atom stereocenters. The quantitative estimate of drug-likeness (QED) is 0.190. The van der Waals surface area contributed by atoms with Crippen LogP contribution >= 0.6 is 23.1 Å². The summed E-state index contributed by atoms with van der Waals surface area (Å²) in [5.41, 5.74) is 1.80. The average molecular weight is 559 g/mol. The molecule has 0 spiro atoms. The van der Waals surface area contributed by atoms with E-state index in [9.17, 15) is 18.4 Å². The van der Waals surface area contributed by atoms with Gasteiger partial charge in [-0.3, -0.25) is 4.79 Å². The van der Waals surface area contributed by atoms with Crippen molar-refractivity contribution in [1.29, 1.82) is 0 Å². The minimum atomic E-state index is -0.819. The van der Waals surface area contributed by atoms with Gasteiger partial charge in [0.25, 0.3) is 0 Å². The minimum Gasteiger partial charge on any atom is -0.480 e. The number of nitrogens with zero attached hydrogens (tertiary/aromatic N) is 3. The smallest absolute Gasteiger partial charge is 0.341 e. The molecular formula is C26H24F2N4O4S2. The van der Waals surface area contributed by atoms with E-state index in [1.54, 1.807) is 16.9 Å². The Morgan fingerprint density at radius 1 is 1.16 bits per heavy atom. The molecule has 198 valence electrons. The predicted octanol–water partition coefficient (Wildman–Crippen LogP) is 5.96. The summed E-state index contributed by atoms with van der Waals surface area (Å²) >= 11 is 2.40. The topological polar surface area (TPSA) is 95.3 Å². The highest BCUT2D eigenvalue weighted by atomic mass is 32.2. The highest BCUT2D eigenvalue weighted by Gasteiger charge is 2.24. The fourth-order valence-corrected chi connectivity index (χ4v) is 5.48. The maximum Gasteiger partial charge on any atom is 0.341 e. The van der Waals surface area contributed by atoms with Crippen LogP contribution in [0.2, 0.25) is 0 Å². The van der Waals surface area contributed by atoms with Gasteiger partial charge in [0.2, 0.25) is 5.91 Å². The standard InChI is InChI=1S/C26H24F2N4O4S2/c1-4-32-23(15(2)36-20-11-10-17(27)12-19(20)28)30-31-26(32)38-14-21(33)29-24-22(25(34)35-3)18(13-37-24)16-8-6-5-7-9-16/h5-13,15H,4,14H2,1-3H3,(H,29,33). The number of ether oxygens (including phenoxy) is 2. The highest BCUT2D eigenvalue weighted by Crippen LogP contribution is 2.36. The number of hydrogen-bond acceptors (Lipinski definition) is 8. The predicted molar refractivity (Wildman–Crippen MR) is 142 cm³/mol. The second kappa shape index (κ2) is 12.2. The maximum atomic E-state index is 14.0. The van der Waals surface area contributed by atoms with Gasteiger partial charge in [-0.05, 0) is 31.5 Å². The van der Waals surface area contributed by atoms with Crippen molar-refractivity contribution in [2.75, 3.05) is 18.2 Å². The molecule has 8 nitrogen and oxygen atoms in total. The number of aromatic nitrogens is 3. The van der Waals surface area contributed by atoms with Crippen molar-refractivity contribution >= 4 is 40.0 Å². The van der Waals surface area contributed by atoms with Crippen molar-refractivity contribution in [3.63, 3.8) is 0 Å². The summed E-state index contributed by atoms with van der Waals surface area (Å²) < 4.78 is 39.6. The number of carbonyl (C=O) groups is 2. The molecule has 0 aliphatic heterocycles. The molecule has 2 heterocycles. The SMILES string of the molecule is CCn1c(SCC(=O)Nc2scc(-c3ccccc3)c2C(=O)OC)nnc1C(C)Oc1ccc(F)cc1F. The Balaban J connectivity index is 1.45. The van der Waals surface area contributed by atoms with E-state index < -0.39 is 23.7 Å². The van der Waals surface area contributed by atoms with Gasteiger partial charge in [0, 0.05) is 23.6 Å². The Labute approximate surface area is 226 Å². The Kier molecular flexibility index (Phi) is 8.74. The van der Waals surface area contributed by atoms with E-state index in [1.165, 1.54) is 24.5 Å². The average Bonchev–Trinajstić information content (AvgIpc) is 3.53. The second-order valence-corrected chi connectivity index (χ2v) is 9.79. The molecule has 0 aliphatic rings. The lowest BCUT2D eigenvalue weighted by atomic mass is 10.0. The first kappa shape index (κ1) is 27.3. The second-order valence-electron chi connectivity index (χ2n) is 7.97. The fourth-order valence-electron chi connectivity index (χ4n) is 3.70. The van der Waals surface area contributed by atoms with Crippen LogP contribution in [0.4, 0.5) is 13.8 Å². The lowest BCUT2D eigenvalue weighted by Gasteiger charge is -2.16. The summed E-state index contributed by atoms with van der Waals surface area (Å²) in [6, 6.07) is 12.4. The van der Waals surface area contributed by atoms with E-state index in [2.05, 4.69) is 15.5 Å². The van der Waals surface area contributed by atoms with Gasteiger partial charge in [0.1, 0.15) is 16.4 Å². The molecule has 2 aromatic carbocycles. The normalized spacial score (nSPS) is 11.7. The van der Waals surface area contributed by atoms with Gasteiger partial charge in [-0.15, -0.1) is 21.5 Å². The van der Waals surface area contributed by atoms with Crippen LogP contribution in [0, 0.1) is 11.6 Å². The number of halogens is 2. The van der Waals surface area contributed by atoms with Crippen LogP contribution in [0.1, 0.15) is 36.1 Å². The third-order valence-corrected chi connectivity index (χ3v) is 7.34. The van der Waals surface area contributed by atoms with Crippen LogP contribution in [0.5, 0.6) is 5.75 Å². The van der Waals surface area contributed by atoms with Crippen LogP contribution in [0.25, 0.3) is 11.1 Å². The third kappa shape index (κ3) is 6.03. The van der Waals surface area contributed by atoms with E-state index in [-0.39, 0.29) is 17.4 Å². The van der Waals surface area contributed by atoms with Crippen molar-refractivity contribution in [3.8, 4) is 16.9 Å². The number of anilines is 1. The van der Waals surface area contributed by atoms with Crippen LogP contribution in [0.3, 0.4) is 0 Å². The number of hydrogen-bond donors (Lipinski definition) is 1. The summed E-state index contributed by atoms with van der Waals surface area (Å²) in [6.45, 7) is 4.03. The van der Waals surface area contributed by atoms with Crippen LogP contribution in [-0.2, 0) is 16.1 Å². The molecular weight excluding hydrogens is 534 g/mol. The molecule has 12 heteroatoms. The minimum absolute atomic E-state index is 0.000849. The number of thiophene rings is 1. The molecule has 1 unspecified atom stereocenters. The highest BCUT2D eigenvalue weighted by molar-refractivity contribution is 7.99. The van der Waals surface area contributed by atoms with E-state index >= 15 is 0 Å². The maximum absolute atomic E-state index is 14.0. The van der Waals surface area contributed by atoms with Crippen LogP contribution in [-0.4, -0.2) is 39.5 Å². The van der Waals surface area contributed by atoms with Gasteiger partial charge in [-0.25, -0.2) is 13.6 Å². The molecule has 38 heavy (non-hydrogen) atoms. The first-order valence-corrected chi connectivity index (χ1v) is 13.4. The summed E-state index contributed by atoms with van der Waals surface area (Å²) in [5.74, 6) is -2.08. The number of esters is 1. The van der Waals surface area contributed by atoms with Crippen molar-refractivity contribution in [1.82, 2.24) is 14.8 Å². The number of thioether (sulfide) groups is 1. The number of methoxy groups -OCH3 is 1. The molecule has 2 aromatic heterocycles. The zero-order valence-corrected chi connectivity index (χ0v) is 22.4. The summed E-state index contributed by atoms with van der Waals surface area (Å²) in [7, 11) is 1.29. The summed E-state index contributed by atoms with van der Waals surface area (Å²) in [5, 5.41) is 13.8. The molecule has 1 amide bonds. The van der Waals surface area contributed by atoms with E-state index in [1.807, 2.05) is 37.3 Å². The largest absolute Gasteiger partial charge is 0.480 e. The van der Waals surface area contributed by atoms with Gasteiger partial charge in [0.15, 0.2) is 28.7 Å². The van der Waals surface area contributed by atoms with E-state index in [0.29, 0.717) is 33.7 Å². The van der Waals surface area contributed by atoms with Gasteiger partial charge in [0.05, 0.1) is 12.9 Å². The van der Waals surface area contributed by atoms with Crippen molar-refractivity contribution in [2.45, 2.75) is 31.7 Å². The third-order valence-electron chi connectivity index (χ3n) is 5.47. The zero-order chi connectivity index (χ0) is 27.2. The summed E-state index contributed by atoms with van der Waals surface area (Å²) in [4.78, 5) is 25.3.